The predicted molar refractivity (Wildman–Crippen MR) is 78.3 cm³/mol. The van der Waals surface area contributed by atoms with Crippen molar-refractivity contribution in [2.45, 2.75) is 66.0 Å². The topological polar surface area (TPSA) is 3.24 Å². The van der Waals surface area contributed by atoms with Gasteiger partial charge in [-0.25, -0.2) is 0 Å². The van der Waals surface area contributed by atoms with E-state index in [2.05, 4.69) is 51.0 Å². The molecule has 0 heterocycles. The van der Waals surface area contributed by atoms with Crippen LogP contribution in [-0.2, 0) is 0 Å². The van der Waals surface area contributed by atoms with Crippen LogP contribution in [0.4, 0.5) is 0 Å². The molecule has 0 aliphatic rings. The van der Waals surface area contributed by atoms with Crippen LogP contribution in [0.2, 0.25) is 12.1 Å². The first kappa shape index (κ1) is 15.9. The van der Waals surface area contributed by atoms with Gasteiger partial charge in [0.05, 0.1) is 0 Å². The van der Waals surface area contributed by atoms with E-state index in [0.29, 0.717) is 0 Å². The van der Waals surface area contributed by atoms with Gasteiger partial charge in [-0.3, -0.25) is 0 Å². The van der Waals surface area contributed by atoms with E-state index in [1.165, 1.54) is 44.4 Å². The summed E-state index contributed by atoms with van der Waals surface area (Å²) in [7, 11) is -1.29. The molecule has 0 amide bonds. The van der Waals surface area contributed by atoms with E-state index >= 15 is 0 Å². The first-order valence-corrected chi connectivity index (χ1v) is 9.53. The lowest BCUT2D eigenvalue weighted by Gasteiger charge is -2.40. The first-order valence-electron chi connectivity index (χ1n) is 7.09. The minimum Gasteiger partial charge on any atom is -0.320 e. The quantitative estimate of drug-likeness (QED) is 0.533. The van der Waals surface area contributed by atoms with Crippen molar-refractivity contribution in [1.29, 1.82) is 0 Å². The summed E-state index contributed by atoms with van der Waals surface area (Å²) < 4.78 is 2.83. The van der Waals surface area contributed by atoms with Crippen LogP contribution in [0.3, 0.4) is 0 Å². The lowest BCUT2D eigenvalue weighted by Crippen LogP contribution is -2.52. The minimum atomic E-state index is -1.29. The van der Waals surface area contributed by atoms with E-state index < -0.39 is 8.24 Å². The van der Waals surface area contributed by atoms with E-state index in [9.17, 15) is 0 Å². The number of hydrogen-bond acceptors (Lipinski definition) is 1. The van der Waals surface area contributed by atoms with Crippen LogP contribution < -0.4 is 0 Å². The van der Waals surface area contributed by atoms with Crippen LogP contribution in [0.15, 0.2) is 11.8 Å². The van der Waals surface area contributed by atoms with Crippen molar-refractivity contribution in [3.05, 3.63) is 11.8 Å². The van der Waals surface area contributed by atoms with E-state index in [-0.39, 0.29) is 0 Å². The maximum Gasteiger partial charge on any atom is 0.152 e. The zero-order valence-electron chi connectivity index (χ0n) is 12.1. The Morgan fingerprint density at radius 1 is 0.938 bits per heavy atom. The van der Waals surface area contributed by atoms with Crippen molar-refractivity contribution in [3.63, 3.8) is 0 Å². The Labute approximate surface area is 104 Å². The third-order valence-electron chi connectivity index (χ3n) is 3.39. The normalized spacial score (nSPS) is 15.9. The molecule has 0 aromatic rings. The lowest BCUT2D eigenvalue weighted by atomic mass is 10.4. The molecule has 0 bridgehead atoms. The third-order valence-corrected chi connectivity index (χ3v) is 8.64. The summed E-state index contributed by atoms with van der Waals surface area (Å²) in [4.78, 5) is 0. The second-order valence-corrected chi connectivity index (χ2v) is 9.07. The maximum absolute atomic E-state index is 2.83. The fourth-order valence-electron chi connectivity index (χ4n) is 2.71. The minimum absolute atomic E-state index is 1.29. The smallest absolute Gasteiger partial charge is 0.152 e. The van der Waals surface area contributed by atoms with Crippen molar-refractivity contribution in [2.24, 2.45) is 0 Å². The van der Waals surface area contributed by atoms with Gasteiger partial charge in [0, 0.05) is 0 Å². The lowest BCUT2D eigenvalue weighted by molar-refractivity contribution is 0.415. The molecule has 0 spiro atoms. The Morgan fingerprint density at radius 3 is 1.81 bits per heavy atom. The average Bonchev–Trinajstić information content (AvgIpc) is 2.28. The third kappa shape index (κ3) is 4.42. The van der Waals surface area contributed by atoms with Gasteiger partial charge in [-0.2, -0.15) is 0 Å². The highest BCUT2D eigenvalue weighted by Crippen LogP contribution is 2.24. The highest BCUT2D eigenvalue weighted by Gasteiger charge is 2.33. The second kappa shape index (κ2) is 9.00. The zero-order chi connectivity index (χ0) is 12.4. The van der Waals surface area contributed by atoms with Crippen molar-refractivity contribution >= 4 is 8.24 Å². The molecule has 1 nitrogen and oxygen atoms in total. The fourth-order valence-corrected chi connectivity index (χ4v) is 7.26. The number of rotatable bonds is 9. The monoisotopic (exact) mass is 241 g/mol. The van der Waals surface area contributed by atoms with E-state index in [1.54, 1.807) is 0 Å². The summed E-state index contributed by atoms with van der Waals surface area (Å²) in [5.74, 6) is 0. The Balaban J connectivity index is 4.89. The van der Waals surface area contributed by atoms with Crippen molar-refractivity contribution in [1.82, 2.24) is 4.57 Å². The van der Waals surface area contributed by atoms with E-state index in [0.717, 1.165) is 0 Å². The zero-order valence-corrected chi connectivity index (χ0v) is 13.1. The summed E-state index contributed by atoms with van der Waals surface area (Å²) in [5.41, 5.74) is 2.57. The highest BCUT2D eigenvalue weighted by molar-refractivity contribution is 6.81. The molecule has 0 saturated heterocycles. The van der Waals surface area contributed by atoms with Crippen LogP contribution in [-0.4, -0.2) is 25.9 Å². The van der Waals surface area contributed by atoms with Crippen LogP contribution in [0.25, 0.3) is 0 Å². The highest BCUT2D eigenvalue weighted by atomic mass is 28.3. The van der Waals surface area contributed by atoms with Gasteiger partial charge < -0.3 is 4.57 Å². The van der Waals surface area contributed by atoms with Gasteiger partial charge in [-0.1, -0.05) is 45.9 Å². The second-order valence-electron chi connectivity index (χ2n) is 4.69. The molecule has 16 heavy (non-hydrogen) atoms. The number of hydrogen-bond donors (Lipinski definition) is 0. The van der Waals surface area contributed by atoms with Crippen LogP contribution >= 0.6 is 0 Å². The van der Waals surface area contributed by atoms with Gasteiger partial charge in [-0.05, 0) is 44.9 Å². The van der Waals surface area contributed by atoms with E-state index in [4.69, 9.17) is 0 Å². The van der Waals surface area contributed by atoms with Gasteiger partial charge >= 0.3 is 0 Å². The van der Waals surface area contributed by atoms with Crippen LogP contribution in [0, 0.1) is 0 Å². The van der Waals surface area contributed by atoms with Gasteiger partial charge in [0.25, 0.3) is 0 Å². The molecule has 0 aliphatic carbocycles. The standard InChI is InChI=1S/C14H31NSi/c1-6-11-15(12-7-2)16(10-5,13-8-3)14-9-4/h8,13H,6-7,9-12,14H2,1-5H3. The molecular weight excluding hydrogens is 210 g/mol. The summed E-state index contributed by atoms with van der Waals surface area (Å²) in [6.07, 6.45) is 6.20. The van der Waals surface area contributed by atoms with Gasteiger partial charge in [0.2, 0.25) is 0 Å². The molecule has 1 atom stereocenters. The maximum atomic E-state index is 2.83. The van der Waals surface area contributed by atoms with Crippen LogP contribution in [0.5, 0.6) is 0 Å². The summed E-state index contributed by atoms with van der Waals surface area (Å²) in [5, 5.41) is 0. The molecule has 0 radical (unpaired) electrons. The number of nitrogens with zero attached hydrogens (tertiary/aromatic N) is 1. The predicted octanol–water partition coefficient (Wildman–Crippen LogP) is 4.60. The molecule has 0 saturated carbocycles. The molecule has 0 aromatic carbocycles. The van der Waals surface area contributed by atoms with Crippen molar-refractivity contribution in [3.8, 4) is 0 Å². The molecule has 0 fully saturated rings. The molecule has 0 aromatic heterocycles. The molecule has 1 unspecified atom stereocenters. The van der Waals surface area contributed by atoms with Gasteiger partial charge in [0.1, 0.15) is 0 Å². The number of allylic oxidation sites excluding steroid dienone is 1. The van der Waals surface area contributed by atoms with Crippen molar-refractivity contribution < 1.29 is 0 Å². The Bertz CT molecular complexity index is 185. The SMILES string of the molecule is CC=C[Si](CC)(CCC)N(CCC)CCC. The molecule has 0 aliphatic heterocycles. The average molecular weight is 241 g/mol. The Kier molecular flexibility index (Phi) is 8.95. The first-order chi connectivity index (χ1) is 7.70. The Hall–Kier alpha value is -0.0831. The fraction of sp³-hybridized carbons (Fsp3) is 0.857. The van der Waals surface area contributed by atoms with Gasteiger partial charge in [-0.15, -0.1) is 0 Å². The van der Waals surface area contributed by atoms with Gasteiger partial charge in [0.15, 0.2) is 8.24 Å². The largest absolute Gasteiger partial charge is 0.320 e. The molecule has 2 heteroatoms. The molecule has 96 valence electrons. The van der Waals surface area contributed by atoms with Crippen LogP contribution in [0.1, 0.15) is 53.9 Å². The molecule has 0 N–H and O–H groups in total. The van der Waals surface area contributed by atoms with Crippen molar-refractivity contribution in [2.75, 3.05) is 13.1 Å². The summed E-state index contributed by atoms with van der Waals surface area (Å²) in [6, 6.07) is 2.79. The summed E-state index contributed by atoms with van der Waals surface area (Å²) >= 11 is 0. The summed E-state index contributed by atoms with van der Waals surface area (Å²) in [6.45, 7) is 14.1. The Morgan fingerprint density at radius 2 is 1.50 bits per heavy atom. The molecule has 0 rings (SSSR count). The van der Waals surface area contributed by atoms with E-state index in [1.807, 2.05) is 0 Å². The molecular formula is C14H31NSi.